The molecule has 0 aliphatic rings. The summed E-state index contributed by atoms with van der Waals surface area (Å²) in [7, 11) is 0. The Morgan fingerprint density at radius 1 is 1.00 bits per heavy atom. The minimum Gasteiger partial charge on any atom is -0.494 e. The smallest absolute Gasteiger partial charge is 0.416 e. The van der Waals surface area contributed by atoms with Crippen molar-refractivity contribution in [3.05, 3.63) is 95.3 Å². The Bertz CT molecular complexity index is 1520. The molecule has 42 heavy (non-hydrogen) atoms. The fourth-order valence-electron chi connectivity index (χ4n) is 3.94. The fourth-order valence-corrected chi connectivity index (χ4v) is 4.71. The van der Waals surface area contributed by atoms with Gasteiger partial charge in [-0.3, -0.25) is 14.2 Å². The van der Waals surface area contributed by atoms with Gasteiger partial charge < -0.3 is 15.4 Å². The molecule has 3 aromatic carbocycles. The Morgan fingerprint density at radius 3 is 2.48 bits per heavy atom. The Labute approximate surface area is 245 Å². The fraction of sp³-hybridized carbons (Fsp3) is 0.267. The van der Waals surface area contributed by atoms with Gasteiger partial charge in [-0.1, -0.05) is 43.3 Å². The third-order valence-corrected chi connectivity index (χ3v) is 6.99. The van der Waals surface area contributed by atoms with E-state index in [-0.39, 0.29) is 34.9 Å². The molecular weight excluding hydrogens is 567 g/mol. The number of thioether (sulfide) groups is 1. The summed E-state index contributed by atoms with van der Waals surface area (Å²) >= 11 is 1.02. The Morgan fingerprint density at radius 2 is 1.76 bits per heavy atom. The van der Waals surface area contributed by atoms with Crippen LogP contribution in [0.25, 0.3) is 5.69 Å². The van der Waals surface area contributed by atoms with E-state index in [0.29, 0.717) is 23.6 Å². The van der Waals surface area contributed by atoms with Crippen molar-refractivity contribution in [2.45, 2.75) is 44.6 Å². The number of rotatable bonds is 12. The summed E-state index contributed by atoms with van der Waals surface area (Å²) in [6.07, 6.45) is -2.63. The van der Waals surface area contributed by atoms with Crippen LogP contribution in [-0.2, 0) is 17.5 Å². The number of anilines is 1. The van der Waals surface area contributed by atoms with Crippen LogP contribution < -0.4 is 15.4 Å². The Hall–Kier alpha value is -4.32. The number of unbranched alkanes of at least 4 members (excludes halogenated alkanes) is 1. The summed E-state index contributed by atoms with van der Waals surface area (Å²) < 4.78 is 47.5. The third-order valence-electron chi connectivity index (χ3n) is 6.06. The summed E-state index contributed by atoms with van der Waals surface area (Å²) in [5.74, 6) is 0.0622. The van der Waals surface area contributed by atoms with Crippen LogP contribution in [0.5, 0.6) is 5.75 Å². The minimum atomic E-state index is -4.56. The summed E-state index contributed by atoms with van der Waals surface area (Å²) in [4.78, 5) is 25.4. The lowest BCUT2D eigenvalue weighted by Crippen LogP contribution is -2.24. The van der Waals surface area contributed by atoms with Gasteiger partial charge in [0, 0.05) is 11.3 Å². The number of ether oxygens (including phenoxy) is 1. The number of nitrogens with zero attached hydrogens (tertiary/aromatic N) is 3. The molecule has 0 saturated heterocycles. The molecule has 1 heterocycles. The van der Waals surface area contributed by atoms with Crippen LogP contribution in [0, 0.1) is 6.92 Å². The lowest BCUT2D eigenvalue weighted by atomic mass is 10.2. The molecule has 0 aliphatic carbocycles. The molecule has 0 saturated carbocycles. The van der Waals surface area contributed by atoms with Crippen molar-refractivity contribution in [2.24, 2.45) is 0 Å². The molecule has 12 heteroatoms. The number of amides is 2. The van der Waals surface area contributed by atoms with Crippen LogP contribution >= 0.6 is 11.8 Å². The molecule has 0 unspecified atom stereocenters. The highest BCUT2D eigenvalue weighted by Crippen LogP contribution is 2.32. The van der Waals surface area contributed by atoms with E-state index in [1.807, 2.05) is 25.1 Å². The molecule has 1 aromatic heterocycles. The normalized spacial score (nSPS) is 11.3. The predicted octanol–water partition coefficient (Wildman–Crippen LogP) is 6.43. The Balaban J connectivity index is 1.51. The van der Waals surface area contributed by atoms with Gasteiger partial charge in [0.1, 0.15) is 5.75 Å². The highest BCUT2D eigenvalue weighted by molar-refractivity contribution is 7.99. The van der Waals surface area contributed by atoms with Crippen molar-refractivity contribution in [1.82, 2.24) is 20.1 Å². The van der Waals surface area contributed by atoms with Crippen molar-refractivity contribution >= 4 is 29.3 Å². The first-order chi connectivity index (χ1) is 20.1. The van der Waals surface area contributed by atoms with Crippen LogP contribution in [0.15, 0.2) is 78.0 Å². The number of nitrogens with one attached hydrogen (secondary N) is 2. The molecule has 2 amide bonds. The maximum Gasteiger partial charge on any atom is 0.416 e. The van der Waals surface area contributed by atoms with Crippen LogP contribution in [0.3, 0.4) is 0 Å². The monoisotopic (exact) mass is 597 g/mol. The van der Waals surface area contributed by atoms with E-state index in [2.05, 4.69) is 27.8 Å². The average molecular weight is 598 g/mol. The number of aryl methyl sites for hydroxylation is 1. The standard InChI is InChI=1S/C30H30F3N5O3S/c1-3-4-15-41-25-13-11-21(12-14-25)28(40)34-18-26-36-37-29(38(26)24-10-6-8-22(17-24)30(31,32)33)42-19-27(39)35-23-9-5-7-20(2)16-23/h5-14,16-17H,3-4,15,18-19H2,1-2H3,(H,34,40)(H,35,39). The largest absolute Gasteiger partial charge is 0.494 e. The summed E-state index contributed by atoms with van der Waals surface area (Å²) in [5, 5.41) is 14.0. The van der Waals surface area contributed by atoms with Crippen molar-refractivity contribution in [3.63, 3.8) is 0 Å². The molecule has 0 radical (unpaired) electrons. The lowest BCUT2D eigenvalue weighted by molar-refractivity contribution is -0.137. The molecule has 220 valence electrons. The topological polar surface area (TPSA) is 98.1 Å². The first kappa shape index (κ1) is 30.6. The number of carbonyl (C=O) groups is 2. The predicted molar refractivity (Wildman–Crippen MR) is 155 cm³/mol. The number of carbonyl (C=O) groups excluding carboxylic acids is 2. The van der Waals surface area contributed by atoms with Gasteiger partial charge >= 0.3 is 6.18 Å². The number of alkyl halides is 3. The number of hydrogen-bond acceptors (Lipinski definition) is 6. The zero-order chi connectivity index (χ0) is 30.1. The van der Waals surface area contributed by atoms with E-state index in [9.17, 15) is 22.8 Å². The van der Waals surface area contributed by atoms with E-state index in [1.165, 1.54) is 16.7 Å². The maximum atomic E-state index is 13.5. The maximum absolute atomic E-state index is 13.5. The molecule has 4 aromatic rings. The molecule has 0 atom stereocenters. The molecule has 8 nitrogen and oxygen atoms in total. The highest BCUT2D eigenvalue weighted by Gasteiger charge is 2.31. The number of benzene rings is 3. The zero-order valence-electron chi connectivity index (χ0n) is 23.1. The van der Waals surface area contributed by atoms with E-state index in [0.717, 1.165) is 42.3 Å². The second-order valence-electron chi connectivity index (χ2n) is 9.40. The Kier molecular flexibility index (Phi) is 10.2. The first-order valence-corrected chi connectivity index (χ1v) is 14.2. The van der Waals surface area contributed by atoms with Crippen molar-refractivity contribution in [2.75, 3.05) is 17.7 Å². The van der Waals surface area contributed by atoms with Crippen LogP contribution in [-0.4, -0.2) is 38.9 Å². The molecular formula is C30H30F3N5O3S. The summed E-state index contributed by atoms with van der Waals surface area (Å²) in [6.45, 7) is 4.43. The molecule has 2 N–H and O–H groups in total. The van der Waals surface area contributed by atoms with Gasteiger partial charge in [-0.15, -0.1) is 10.2 Å². The van der Waals surface area contributed by atoms with Gasteiger partial charge in [-0.05, 0) is 73.5 Å². The molecule has 0 fully saturated rings. The van der Waals surface area contributed by atoms with Gasteiger partial charge in [0.05, 0.1) is 30.2 Å². The van der Waals surface area contributed by atoms with E-state index >= 15 is 0 Å². The third kappa shape index (κ3) is 8.35. The molecule has 4 rings (SSSR count). The molecule has 0 aliphatic heterocycles. The van der Waals surface area contributed by atoms with Crippen LogP contribution in [0.4, 0.5) is 18.9 Å². The van der Waals surface area contributed by atoms with E-state index in [1.54, 1.807) is 30.3 Å². The summed E-state index contributed by atoms with van der Waals surface area (Å²) in [6, 6.07) is 18.7. The molecule has 0 bridgehead atoms. The van der Waals surface area contributed by atoms with Crippen LogP contribution in [0.1, 0.15) is 47.1 Å². The van der Waals surface area contributed by atoms with Crippen LogP contribution in [0.2, 0.25) is 0 Å². The minimum absolute atomic E-state index is 0.0654. The average Bonchev–Trinajstić information content (AvgIpc) is 3.38. The number of hydrogen-bond donors (Lipinski definition) is 2. The van der Waals surface area contributed by atoms with Crippen molar-refractivity contribution in [1.29, 1.82) is 0 Å². The van der Waals surface area contributed by atoms with Gasteiger partial charge in [0.25, 0.3) is 5.91 Å². The quantitative estimate of drug-likeness (QED) is 0.144. The second-order valence-corrected chi connectivity index (χ2v) is 10.3. The summed E-state index contributed by atoms with van der Waals surface area (Å²) in [5.41, 5.74) is 1.29. The van der Waals surface area contributed by atoms with Gasteiger partial charge in [0.15, 0.2) is 11.0 Å². The van der Waals surface area contributed by atoms with Gasteiger partial charge in [0.2, 0.25) is 5.91 Å². The van der Waals surface area contributed by atoms with Crippen molar-refractivity contribution < 1.29 is 27.5 Å². The molecule has 0 spiro atoms. The van der Waals surface area contributed by atoms with E-state index < -0.39 is 17.6 Å². The highest BCUT2D eigenvalue weighted by atomic mass is 32.2. The number of halogens is 3. The lowest BCUT2D eigenvalue weighted by Gasteiger charge is -2.14. The zero-order valence-corrected chi connectivity index (χ0v) is 23.9. The van der Waals surface area contributed by atoms with E-state index in [4.69, 9.17) is 4.74 Å². The van der Waals surface area contributed by atoms with Crippen molar-refractivity contribution in [3.8, 4) is 11.4 Å². The number of aromatic nitrogens is 3. The SMILES string of the molecule is CCCCOc1ccc(C(=O)NCc2nnc(SCC(=O)Nc3cccc(C)c3)n2-c2cccc(C(F)(F)F)c2)cc1. The first-order valence-electron chi connectivity index (χ1n) is 13.3. The van der Waals surface area contributed by atoms with Gasteiger partial charge in [-0.25, -0.2) is 0 Å². The van der Waals surface area contributed by atoms with Gasteiger partial charge in [-0.2, -0.15) is 13.2 Å². The second kappa shape index (κ2) is 14.0.